The fourth-order valence-electron chi connectivity index (χ4n) is 1.57. The Kier molecular flexibility index (Phi) is 3.71. The molecule has 0 fully saturated rings. The van der Waals surface area contributed by atoms with Gasteiger partial charge in [-0.15, -0.1) is 11.3 Å². The Morgan fingerprint density at radius 3 is 3.12 bits per heavy atom. The number of hydrogen-bond donors (Lipinski definition) is 0. The van der Waals surface area contributed by atoms with Crippen LogP contribution in [-0.2, 0) is 11.2 Å². The number of Topliss-reactive ketones (excluding diaryl/α,β-unsaturated/α-hetero) is 1. The van der Waals surface area contributed by atoms with Gasteiger partial charge in [0.25, 0.3) is 0 Å². The predicted molar refractivity (Wildman–Crippen MR) is 71.3 cm³/mol. The second-order valence-electron chi connectivity index (χ2n) is 3.65. The summed E-state index contributed by atoms with van der Waals surface area (Å²) in [5.74, 6) is 0.254. The number of ketones is 1. The third-order valence-electron chi connectivity index (χ3n) is 2.51. The van der Waals surface area contributed by atoms with Crippen molar-refractivity contribution in [3.63, 3.8) is 0 Å². The van der Waals surface area contributed by atoms with Gasteiger partial charge in [0.1, 0.15) is 5.78 Å². The van der Waals surface area contributed by atoms with E-state index >= 15 is 0 Å². The molecule has 2 rings (SSSR count). The van der Waals surface area contributed by atoms with Crippen LogP contribution in [0.1, 0.15) is 18.9 Å². The van der Waals surface area contributed by atoms with Crippen molar-refractivity contribution in [3.8, 4) is 0 Å². The average molecular weight is 298 g/mol. The van der Waals surface area contributed by atoms with Crippen LogP contribution in [0.2, 0.25) is 0 Å². The van der Waals surface area contributed by atoms with E-state index in [0.717, 1.165) is 11.9 Å². The molecule has 1 aromatic carbocycles. The number of thiazole rings is 1. The summed E-state index contributed by atoms with van der Waals surface area (Å²) in [5, 5.41) is 0. The molecule has 1 atom stereocenters. The number of benzene rings is 1. The first-order chi connectivity index (χ1) is 7.70. The van der Waals surface area contributed by atoms with Crippen molar-refractivity contribution >= 4 is 43.3 Å². The maximum atomic E-state index is 11.5. The molecule has 84 valence electrons. The maximum absolute atomic E-state index is 11.5. The Hall–Kier alpha value is -0.740. The topological polar surface area (TPSA) is 30.0 Å². The highest BCUT2D eigenvalue weighted by Crippen LogP contribution is 2.21. The number of nitrogens with zero attached hydrogens (tertiary/aromatic N) is 1. The summed E-state index contributed by atoms with van der Waals surface area (Å²) < 4.78 is 1.18. The molecule has 0 radical (unpaired) electrons. The zero-order valence-corrected chi connectivity index (χ0v) is 11.3. The Labute approximate surface area is 107 Å². The number of carbonyl (C=O) groups is 1. The van der Waals surface area contributed by atoms with Crippen LogP contribution in [0.4, 0.5) is 0 Å². The van der Waals surface area contributed by atoms with E-state index in [1.807, 2.05) is 24.6 Å². The average Bonchev–Trinajstić information content (AvgIpc) is 2.75. The summed E-state index contributed by atoms with van der Waals surface area (Å²) in [6.07, 6.45) is 1.33. The lowest BCUT2D eigenvalue weighted by molar-refractivity contribution is -0.118. The Morgan fingerprint density at radius 1 is 1.56 bits per heavy atom. The minimum atomic E-state index is -0.0668. The Bertz CT molecular complexity index is 508. The monoisotopic (exact) mass is 297 g/mol. The van der Waals surface area contributed by atoms with Gasteiger partial charge in [-0.2, -0.15) is 0 Å². The van der Waals surface area contributed by atoms with E-state index in [1.165, 1.54) is 10.3 Å². The molecule has 0 aliphatic heterocycles. The first-order valence-electron chi connectivity index (χ1n) is 5.19. The molecule has 0 aliphatic carbocycles. The first-order valence-corrected chi connectivity index (χ1v) is 6.99. The van der Waals surface area contributed by atoms with Crippen molar-refractivity contribution in [2.24, 2.45) is 0 Å². The van der Waals surface area contributed by atoms with Gasteiger partial charge in [-0.3, -0.25) is 4.79 Å². The summed E-state index contributed by atoms with van der Waals surface area (Å²) in [5.41, 5.74) is 4.05. The number of carbonyl (C=O) groups excluding carboxylic acids is 1. The van der Waals surface area contributed by atoms with Crippen molar-refractivity contribution in [1.29, 1.82) is 0 Å². The van der Waals surface area contributed by atoms with E-state index in [-0.39, 0.29) is 10.6 Å². The number of alkyl halides is 1. The minimum absolute atomic E-state index is 0.0668. The second kappa shape index (κ2) is 5.06. The SMILES string of the molecule is CCC(=O)C(Br)Cc1ccc2ncsc2c1. The van der Waals surface area contributed by atoms with Gasteiger partial charge in [-0.1, -0.05) is 28.9 Å². The van der Waals surface area contributed by atoms with E-state index in [1.54, 1.807) is 11.3 Å². The molecule has 1 aromatic heterocycles. The molecule has 0 amide bonds. The number of rotatable bonds is 4. The van der Waals surface area contributed by atoms with Crippen LogP contribution in [0.25, 0.3) is 10.2 Å². The third-order valence-corrected chi connectivity index (χ3v) is 4.13. The van der Waals surface area contributed by atoms with Gasteiger partial charge >= 0.3 is 0 Å². The molecule has 0 N–H and O–H groups in total. The number of halogens is 1. The van der Waals surface area contributed by atoms with E-state index < -0.39 is 0 Å². The highest BCUT2D eigenvalue weighted by Gasteiger charge is 2.13. The quantitative estimate of drug-likeness (QED) is 0.808. The zero-order chi connectivity index (χ0) is 11.5. The Balaban J connectivity index is 2.17. The molecule has 0 spiro atoms. The van der Waals surface area contributed by atoms with Crippen LogP contribution >= 0.6 is 27.3 Å². The van der Waals surface area contributed by atoms with Gasteiger partial charge in [-0.25, -0.2) is 4.98 Å². The lowest BCUT2D eigenvalue weighted by atomic mass is 10.1. The van der Waals surface area contributed by atoms with Gasteiger partial charge in [0, 0.05) is 6.42 Å². The van der Waals surface area contributed by atoms with Crippen LogP contribution in [0.5, 0.6) is 0 Å². The molecule has 4 heteroatoms. The third kappa shape index (κ3) is 2.50. The van der Waals surface area contributed by atoms with Crippen molar-refractivity contribution in [3.05, 3.63) is 29.3 Å². The Morgan fingerprint density at radius 2 is 2.38 bits per heavy atom. The molecular weight excluding hydrogens is 286 g/mol. The standard InChI is InChI=1S/C12H12BrNOS/c1-2-11(15)9(13)5-8-3-4-10-12(6-8)16-7-14-10/h3-4,6-7,9H,2,5H2,1H3. The van der Waals surface area contributed by atoms with Crippen LogP contribution in [0, 0.1) is 0 Å². The molecule has 16 heavy (non-hydrogen) atoms. The van der Waals surface area contributed by atoms with E-state index in [2.05, 4.69) is 27.0 Å². The molecule has 0 saturated heterocycles. The smallest absolute Gasteiger partial charge is 0.146 e. The highest BCUT2D eigenvalue weighted by molar-refractivity contribution is 9.10. The second-order valence-corrected chi connectivity index (χ2v) is 5.64. The molecule has 2 aromatic rings. The lowest BCUT2D eigenvalue weighted by Gasteiger charge is -2.07. The minimum Gasteiger partial charge on any atom is -0.298 e. The van der Waals surface area contributed by atoms with Gasteiger partial charge < -0.3 is 0 Å². The molecule has 2 nitrogen and oxygen atoms in total. The molecule has 1 unspecified atom stereocenters. The molecular formula is C12H12BrNOS. The lowest BCUT2D eigenvalue weighted by Crippen LogP contribution is -2.15. The molecule has 0 bridgehead atoms. The van der Waals surface area contributed by atoms with E-state index in [4.69, 9.17) is 0 Å². The predicted octanol–water partition coefficient (Wildman–Crippen LogP) is 3.58. The summed E-state index contributed by atoms with van der Waals surface area (Å²) in [6.45, 7) is 1.89. The zero-order valence-electron chi connectivity index (χ0n) is 8.94. The summed E-state index contributed by atoms with van der Waals surface area (Å²) in [6, 6.07) is 6.17. The van der Waals surface area contributed by atoms with Gasteiger partial charge in [0.15, 0.2) is 0 Å². The van der Waals surface area contributed by atoms with Crippen molar-refractivity contribution in [1.82, 2.24) is 4.98 Å². The van der Waals surface area contributed by atoms with Crippen LogP contribution in [-0.4, -0.2) is 15.6 Å². The summed E-state index contributed by atoms with van der Waals surface area (Å²) in [4.78, 5) is 15.6. The fourth-order valence-corrected chi connectivity index (χ4v) is 3.01. The normalized spacial score (nSPS) is 12.9. The number of hydrogen-bond acceptors (Lipinski definition) is 3. The summed E-state index contributed by atoms with van der Waals surface area (Å²) >= 11 is 5.06. The van der Waals surface area contributed by atoms with Crippen molar-refractivity contribution in [2.45, 2.75) is 24.6 Å². The first kappa shape index (κ1) is 11.7. The maximum Gasteiger partial charge on any atom is 0.146 e. The highest BCUT2D eigenvalue weighted by atomic mass is 79.9. The van der Waals surface area contributed by atoms with E-state index in [0.29, 0.717) is 6.42 Å². The fraction of sp³-hybridized carbons (Fsp3) is 0.333. The van der Waals surface area contributed by atoms with Crippen LogP contribution in [0.15, 0.2) is 23.7 Å². The molecule has 0 aliphatic rings. The molecule has 0 saturated carbocycles. The summed E-state index contributed by atoms with van der Waals surface area (Å²) in [7, 11) is 0. The largest absolute Gasteiger partial charge is 0.298 e. The van der Waals surface area contributed by atoms with Gasteiger partial charge in [0.05, 0.1) is 20.6 Å². The van der Waals surface area contributed by atoms with Crippen molar-refractivity contribution < 1.29 is 4.79 Å². The van der Waals surface area contributed by atoms with Crippen LogP contribution < -0.4 is 0 Å². The van der Waals surface area contributed by atoms with E-state index in [9.17, 15) is 4.79 Å². The van der Waals surface area contributed by atoms with Crippen molar-refractivity contribution in [2.75, 3.05) is 0 Å². The number of fused-ring (bicyclic) bond motifs is 1. The number of aromatic nitrogens is 1. The van der Waals surface area contributed by atoms with Gasteiger partial charge in [-0.05, 0) is 24.1 Å². The molecule has 1 heterocycles. The van der Waals surface area contributed by atoms with Gasteiger partial charge in [0.2, 0.25) is 0 Å². The van der Waals surface area contributed by atoms with Crippen LogP contribution in [0.3, 0.4) is 0 Å².